The van der Waals surface area contributed by atoms with Gasteiger partial charge in [-0.1, -0.05) is 18.2 Å². The first kappa shape index (κ1) is 21.4. The van der Waals surface area contributed by atoms with Gasteiger partial charge in [-0.3, -0.25) is 0 Å². The molecular formula is C17H18F3NO4S2. The van der Waals surface area contributed by atoms with Crippen LogP contribution in [0.15, 0.2) is 52.3 Å². The summed E-state index contributed by atoms with van der Waals surface area (Å²) in [4.78, 5) is 0.327. The third-order valence-electron chi connectivity index (χ3n) is 3.62. The third kappa shape index (κ3) is 5.30. The van der Waals surface area contributed by atoms with Crippen LogP contribution in [0.2, 0.25) is 0 Å². The Morgan fingerprint density at radius 1 is 1.11 bits per heavy atom. The smallest absolute Gasteiger partial charge is 0.496 e. The zero-order valence-electron chi connectivity index (χ0n) is 14.8. The number of nitrogens with zero attached hydrogens (tertiary/aromatic N) is 1. The molecule has 0 saturated heterocycles. The number of hydrogen-bond donors (Lipinski definition) is 0. The molecule has 0 aliphatic heterocycles. The lowest BCUT2D eigenvalue weighted by molar-refractivity contribution is -0.275. The summed E-state index contributed by atoms with van der Waals surface area (Å²) in [7, 11) is -1.42. The predicted octanol–water partition coefficient (Wildman–Crippen LogP) is 4.14. The minimum Gasteiger partial charge on any atom is -0.496 e. The van der Waals surface area contributed by atoms with Gasteiger partial charge < -0.3 is 9.47 Å². The van der Waals surface area contributed by atoms with Crippen LogP contribution in [0.1, 0.15) is 5.56 Å². The highest BCUT2D eigenvalue weighted by atomic mass is 32.2. The number of rotatable bonds is 7. The van der Waals surface area contributed by atoms with Gasteiger partial charge in [-0.15, -0.1) is 24.9 Å². The summed E-state index contributed by atoms with van der Waals surface area (Å²) >= 11 is 1.48. The van der Waals surface area contributed by atoms with Gasteiger partial charge >= 0.3 is 6.36 Å². The third-order valence-corrected chi connectivity index (χ3v) is 6.24. The standard InChI is InChI=1S/C17H18F3NO4S2/c1-21(11-12-8-9-15(26-3)14(10-12)24-2)27(22,23)16-7-5-4-6-13(16)25-17(18,19)20/h4-10H,11H2,1-3H3. The molecule has 27 heavy (non-hydrogen) atoms. The highest BCUT2D eigenvalue weighted by Gasteiger charge is 2.35. The van der Waals surface area contributed by atoms with Crippen LogP contribution >= 0.6 is 11.8 Å². The highest BCUT2D eigenvalue weighted by Crippen LogP contribution is 2.32. The van der Waals surface area contributed by atoms with Gasteiger partial charge in [0.2, 0.25) is 10.0 Å². The van der Waals surface area contributed by atoms with E-state index in [0.717, 1.165) is 21.3 Å². The van der Waals surface area contributed by atoms with E-state index in [0.29, 0.717) is 11.3 Å². The van der Waals surface area contributed by atoms with Gasteiger partial charge in [0.05, 0.1) is 7.11 Å². The largest absolute Gasteiger partial charge is 0.573 e. The van der Waals surface area contributed by atoms with Crippen LogP contribution in [0, 0.1) is 0 Å². The van der Waals surface area contributed by atoms with Crippen LogP contribution in [-0.4, -0.2) is 39.5 Å². The minimum absolute atomic E-state index is 0.0479. The zero-order valence-corrected chi connectivity index (χ0v) is 16.4. The lowest BCUT2D eigenvalue weighted by Gasteiger charge is -2.20. The van der Waals surface area contributed by atoms with E-state index in [1.54, 1.807) is 18.2 Å². The molecule has 2 aromatic rings. The van der Waals surface area contributed by atoms with Crippen LogP contribution in [0.4, 0.5) is 13.2 Å². The first-order chi connectivity index (χ1) is 12.6. The number of alkyl halides is 3. The van der Waals surface area contributed by atoms with Crippen molar-refractivity contribution in [3.05, 3.63) is 48.0 Å². The van der Waals surface area contributed by atoms with Crippen LogP contribution in [-0.2, 0) is 16.6 Å². The van der Waals surface area contributed by atoms with Gasteiger partial charge in [-0.25, -0.2) is 8.42 Å². The molecule has 0 heterocycles. The number of sulfonamides is 1. The molecule has 2 aromatic carbocycles. The van der Waals surface area contributed by atoms with E-state index >= 15 is 0 Å². The maximum absolute atomic E-state index is 12.8. The molecule has 0 amide bonds. The fraction of sp³-hybridized carbons (Fsp3) is 0.294. The fourth-order valence-corrected chi connectivity index (χ4v) is 4.18. The Bertz CT molecular complexity index is 901. The fourth-order valence-electron chi connectivity index (χ4n) is 2.36. The Hall–Kier alpha value is -1.91. The molecule has 0 bridgehead atoms. The van der Waals surface area contributed by atoms with Gasteiger partial charge in [0.1, 0.15) is 16.4 Å². The van der Waals surface area contributed by atoms with Gasteiger partial charge in [0, 0.05) is 18.5 Å². The molecule has 0 fully saturated rings. The van der Waals surface area contributed by atoms with Crippen molar-refractivity contribution in [2.75, 3.05) is 20.4 Å². The molecule has 0 spiro atoms. The van der Waals surface area contributed by atoms with Gasteiger partial charge in [-0.05, 0) is 36.1 Å². The Morgan fingerprint density at radius 3 is 2.37 bits per heavy atom. The van der Waals surface area contributed by atoms with Crippen molar-refractivity contribution in [2.45, 2.75) is 22.7 Å². The van der Waals surface area contributed by atoms with Crippen LogP contribution in [0.5, 0.6) is 11.5 Å². The van der Waals surface area contributed by atoms with Crippen molar-refractivity contribution < 1.29 is 31.1 Å². The minimum atomic E-state index is -4.99. The summed E-state index contributed by atoms with van der Waals surface area (Å²) in [6, 6.07) is 9.86. The van der Waals surface area contributed by atoms with E-state index in [1.807, 2.05) is 6.26 Å². The molecule has 0 aliphatic carbocycles. The Morgan fingerprint density at radius 2 is 1.78 bits per heavy atom. The van der Waals surface area contributed by atoms with Crippen LogP contribution in [0.25, 0.3) is 0 Å². The first-order valence-corrected chi connectivity index (χ1v) is 10.3. The molecule has 10 heteroatoms. The topological polar surface area (TPSA) is 55.8 Å². The Balaban J connectivity index is 2.32. The van der Waals surface area contributed by atoms with Crippen LogP contribution in [0.3, 0.4) is 0 Å². The quantitative estimate of drug-likeness (QED) is 0.629. The lowest BCUT2D eigenvalue weighted by atomic mass is 10.2. The Kier molecular flexibility index (Phi) is 6.66. The van der Waals surface area contributed by atoms with Crippen molar-refractivity contribution in [2.24, 2.45) is 0 Å². The van der Waals surface area contributed by atoms with Crippen molar-refractivity contribution in [3.8, 4) is 11.5 Å². The van der Waals surface area contributed by atoms with Gasteiger partial charge in [-0.2, -0.15) is 4.31 Å². The summed E-state index contributed by atoms with van der Waals surface area (Å²) in [5.74, 6) is -0.182. The first-order valence-electron chi connectivity index (χ1n) is 7.60. The van der Waals surface area contributed by atoms with Crippen LogP contribution < -0.4 is 9.47 Å². The highest BCUT2D eigenvalue weighted by molar-refractivity contribution is 7.98. The summed E-state index contributed by atoms with van der Waals surface area (Å²) < 4.78 is 73.3. The zero-order chi connectivity index (χ0) is 20.2. The molecular weight excluding hydrogens is 403 g/mol. The molecule has 5 nitrogen and oxygen atoms in total. The lowest BCUT2D eigenvalue weighted by Crippen LogP contribution is -2.28. The second kappa shape index (κ2) is 8.41. The second-order valence-electron chi connectivity index (χ2n) is 5.44. The number of methoxy groups -OCH3 is 1. The molecule has 0 atom stereocenters. The monoisotopic (exact) mass is 421 g/mol. The number of para-hydroxylation sites is 1. The summed E-state index contributed by atoms with van der Waals surface area (Å²) in [5.41, 5.74) is 0.630. The Labute approximate surface area is 160 Å². The van der Waals surface area contributed by atoms with Gasteiger partial charge in [0.25, 0.3) is 0 Å². The maximum atomic E-state index is 12.8. The van der Waals surface area contributed by atoms with E-state index in [9.17, 15) is 21.6 Å². The van der Waals surface area contributed by atoms with Crippen molar-refractivity contribution in [1.29, 1.82) is 0 Å². The number of thioether (sulfide) groups is 1. The second-order valence-corrected chi connectivity index (χ2v) is 8.31. The molecule has 0 aromatic heterocycles. The predicted molar refractivity (Wildman–Crippen MR) is 96.6 cm³/mol. The summed E-state index contributed by atoms with van der Waals surface area (Å²) in [6.07, 6.45) is -3.11. The van der Waals surface area contributed by atoms with E-state index in [4.69, 9.17) is 4.74 Å². The van der Waals surface area contributed by atoms with Gasteiger partial charge in [0.15, 0.2) is 0 Å². The normalized spacial score (nSPS) is 12.3. The molecule has 0 radical (unpaired) electrons. The van der Waals surface area contributed by atoms with E-state index in [-0.39, 0.29) is 6.54 Å². The van der Waals surface area contributed by atoms with Crippen molar-refractivity contribution in [1.82, 2.24) is 4.31 Å². The maximum Gasteiger partial charge on any atom is 0.573 e. The average Bonchev–Trinajstić information content (AvgIpc) is 2.60. The molecule has 0 aliphatic rings. The summed E-state index contributed by atoms with van der Waals surface area (Å²) in [6.45, 7) is -0.0479. The molecule has 2 rings (SSSR count). The van der Waals surface area contributed by atoms with E-state index < -0.39 is 27.0 Å². The van der Waals surface area contributed by atoms with Crippen molar-refractivity contribution >= 4 is 21.8 Å². The van der Waals surface area contributed by atoms with E-state index in [2.05, 4.69) is 4.74 Å². The number of halogens is 3. The average molecular weight is 421 g/mol. The molecule has 148 valence electrons. The summed E-state index contributed by atoms with van der Waals surface area (Å²) in [5, 5.41) is 0. The number of hydrogen-bond acceptors (Lipinski definition) is 5. The SMILES string of the molecule is COc1cc(CN(C)S(=O)(=O)c2ccccc2OC(F)(F)F)ccc1SC. The van der Waals surface area contributed by atoms with Crippen molar-refractivity contribution in [3.63, 3.8) is 0 Å². The molecule has 0 saturated carbocycles. The molecule has 0 N–H and O–H groups in total. The van der Waals surface area contributed by atoms with E-state index in [1.165, 1.54) is 38.1 Å². The number of ether oxygens (including phenoxy) is 2. The molecule has 0 unspecified atom stereocenters. The number of benzene rings is 2.